The number of hydrogen-bond acceptors (Lipinski definition) is 2. The van der Waals surface area contributed by atoms with Crippen LogP contribution in [0.25, 0.3) is 0 Å². The Morgan fingerprint density at radius 3 is 2.94 bits per heavy atom. The zero-order valence-corrected chi connectivity index (χ0v) is 11.7. The van der Waals surface area contributed by atoms with Gasteiger partial charge in [-0.1, -0.05) is 35.9 Å². The minimum absolute atomic E-state index is 0.378. The van der Waals surface area contributed by atoms with Crippen LogP contribution in [0.3, 0.4) is 0 Å². The van der Waals surface area contributed by atoms with E-state index in [2.05, 4.69) is 42.6 Å². The van der Waals surface area contributed by atoms with E-state index in [1.54, 1.807) is 0 Å². The summed E-state index contributed by atoms with van der Waals surface area (Å²) in [6, 6.07) is 15.0. The van der Waals surface area contributed by atoms with Crippen molar-refractivity contribution in [2.24, 2.45) is 0 Å². The standard InChI is InChI=1S/C15H14ClNS/c1-10-6-7-11(16)8-13(10)17-14-9-18-15-5-3-2-4-12(14)15/h2-8,14,17H,9H2,1H3. The number of anilines is 1. The van der Waals surface area contributed by atoms with Crippen LogP contribution in [0.2, 0.25) is 5.02 Å². The van der Waals surface area contributed by atoms with E-state index < -0.39 is 0 Å². The molecule has 0 saturated carbocycles. The highest BCUT2D eigenvalue weighted by Crippen LogP contribution is 2.40. The van der Waals surface area contributed by atoms with Crippen molar-refractivity contribution in [3.05, 3.63) is 58.6 Å². The fourth-order valence-electron chi connectivity index (χ4n) is 2.22. The van der Waals surface area contributed by atoms with Crippen LogP contribution in [0.5, 0.6) is 0 Å². The van der Waals surface area contributed by atoms with Crippen molar-refractivity contribution in [1.29, 1.82) is 0 Å². The summed E-state index contributed by atoms with van der Waals surface area (Å²) in [4.78, 5) is 1.38. The average Bonchev–Trinajstić information content (AvgIpc) is 2.78. The summed E-state index contributed by atoms with van der Waals surface area (Å²) in [7, 11) is 0. The summed E-state index contributed by atoms with van der Waals surface area (Å²) in [5, 5.41) is 4.38. The number of rotatable bonds is 2. The fraction of sp³-hybridized carbons (Fsp3) is 0.200. The van der Waals surface area contributed by atoms with Gasteiger partial charge < -0.3 is 5.32 Å². The van der Waals surface area contributed by atoms with Gasteiger partial charge in [-0.15, -0.1) is 11.8 Å². The maximum Gasteiger partial charge on any atom is 0.0618 e. The first-order valence-corrected chi connectivity index (χ1v) is 7.35. The summed E-state index contributed by atoms with van der Waals surface area (Å²) in [5.41, 5.74) is 3.75. The highest BCUT2D eigenvalue weighted by Gasteiger charge is 2.22. The molecule has 0 saturated heterocycles. The minimum Gasteiger partial charge on any atom is -0.377 e. The molecule has 0 spiro atoms. The van der Waals surface area contributed by atoms with Crippen LogP contribution < -0.4 is 5.32 Å². The Balaban J connectivity index is 1.88. The molecule has 3 heteroatoms. The molecule has 0 aromatic heterocycles. The van der Waals surface area contributed by atoms with Gasteiger partial charge in [-0.3, -0.25) is 0 Å². The van der Waals surface area contributed by atoms with Gasteiger partial charge in [-0.2, -0.15) is 0 Å². The smallest absolute Gasteiger partial charge is 0.0618 e. The maximum atomic E-state index is 6.06. The molecule has 2 aromatic rings. The SMILES string of the molecule is Cc1ccc(Cl)cc1NC1CSc2ccccc21. The number of nitrogens with one attached hydrogen (secondary N) is 1. The molecule has 0 aliphatic carbocycles. The topological polar surface area (TPSA) is 12.0 Å². The molecular weight excluding hydrogens is 262 g/mol. The number of aryl methyl sites for hydroxylation is 1. The van der Waals surface area contributed by atoms with Crippen LogP contribution in [0.15, 0.2) is 47.4 Å². The zero-order chi connectivity index (χ0) is 12.5. The lowest BCUT2D eigenvalue weighted by molar-refractivity contribution is 0.898. The van der Waals surface area contributed by atoms with E-state index in [0.29, 0.717) is 6.04 Å². The molecule has 1 aliphatic heterocycles. The van der Waals surface area contributed by atoms with Crippen molar-refractivity contribution in [2.75, 3.05) is 11.1 Å². The molecule has 0 amide bonds. The molecule has 3 rings (SSSR count). The lowest BCUT2D eigenvalue weighted by Crippen LogP contribution is -2.10. The Morgan fingerprint density at radius 2 is 2.06 bits per heavy atom. The van der Waals surface area contributed by atoms with Gasteiger partial charge in [0.25, 0.3) is 0 Å². The van der Waals surface area contributed by atoms with Crippen molar-refractivity contribution in [3.8, 4) is 0 Å². The summed E-state index contributed by atoms with van der Waals surface area (Å²) in [5.74, 6) is 1.07. The maximum absolute atomic E-state index is 6.06. The molecule has 1 N–H and O–H groups in total. The normalized spacial score (nSPS) is 17.6. The van der Waals surface area contributed by atoms with Crippen molar-refractivity contribution in [1.82, 2.24) is 0 Å². The number of halogens is 1. The van der Waals surface area contributed by atoms with Gasteiger partial charge in [0.15, 0.2) is 0 Å². The van der Waals surface area contributed by atoms with E-state index in [0.717, 1.165) is 16.5 Å². The molecule has 1 unspecified atom stereocenters. The quantitative estimate of drug-likeness (QED) is 0.836. The molecule has 1 nitrogen and oxygen atoms in total. The third-order valence-electron chi connectivity index (χ3n) is 3.23. The Bertz CT molecular complexity index is 582. The second-order valence-electron chi connectivity index (χ2n) is 4.50. The second kappa shape index (κ2) is 4.87. The molecular formula is C15H14ClNS. The molecule has 0 fully saturated rings. The average molecular weight is 276 g/mol. The Morgan fingerprint density at radius 1 is 1.22 bits per heavy atom. The first kappa shape index (κ1) is 11.9. The minimum atomic E-state index is 0.378. The van der Waals surface area contributed by atoms with Crippen LogP contribution in [-0.2, 0) is 0 Å². The van der Waals surface area contributed by atoms with Gasteiger partial charge >= 0.3 is 0 Å². The number of thioether (sulfide) groups is 1. The highest BCUT2D eigenvalue weighted by molar-refractivity contribution is 7.99. The second-order valence-corrected chi connectivity index (χ2v) is 6.00. The van der Waals surface area contributed by atoms with Crippen molar-refractivity contribution >= 4 is 29.1 Å². The summed E-state index contributed by atoms with van der Waals surface area (Å²) in [6.45, 7) is 2.10. The third-order valence-corrected chi connectivity index (χ3v) is 4.65. The molecule has 2 aromatic carbocycles. The first-order valence-electron chi connectivity index (χ1n) is 5.98. The largest absolute Gasteiger partial charge is 0.377 e. The number of benzene rings is 2. The van der Waals surface area contributed by atoms with Crippen LogP contribution in [0.1, 0.15) is 17.2 Å². The van der Waals surface area contributed by atoms with Crippen LogP contribution in [0, 0.1) is 6.92 Å². The molecule has 0 radical (unpaired) electrons. The lowest BCUT2D eigenvalue weighted by atomic mass is 10.1. The van der Waals surface area contributed by atoms with Gasteiger partial charge in [0, 0.05) is 21.4 Å². The number of hydrogen-bond donors (Lipinski definition) is 1. The molecule has 1 heterocycles. The molecule has 18 heavy (non-hydrogen) atoms. The molecule has 1 atom stereocenters. The predicted octanol–water partition coefficient (Wildman–Crippen LogP) is 4.91. The monoisotopic (exact) mass is 275 g/mol. The molecule has 1 aliphatic rings. The Hall–Kier alpha value is -1.12. The van der Waals surface area contributed by atoms with E-state index in [-0.39, 0.29) is 0 Å². The van der Waals surface area contributed by atoms with E-state index in [4.69, 9.17) is 11.6 Å². The van der Waals surface area contributed by atoms with Crippen molar-refractivity contribution in [2.45, 2.75) is 17.9 Å². The summed E-state index contributed by atoms with van der Waals surface area (Å²) in [6.07, 6.45) is 0. The van der Waals surface area contributed by atoms with Crippen LogP contribution in [-0.4, -0.2) is 5.75 Å². The van der Waals surface area contributed by atoms with Crippen molar-refractivity contribution in [3.63, 3.8) is 0 Å². The van der Waals surface area contributed by atoms with Gasteiger partial charge in [-0.25, -0.2) is 0 Å². The van der Waals surface area contributed by atoms with Crippen molar-refractivity contribution < 1.29 is 0 Å². The Kier molecular flexibility index (Phi) is 3.23. The van der Waals surface area contributed by atoms with E-state index in [1.807, 2.05) is 23.9 Å². The van der Waals surface area contributed by atoms with E-state index in [9.17, 15) is 0 Å². The zero-order valence-electron chi connectivity index (χ0n) is 10.1. The summed E-state index contributed by atoms with van der Waals surface area (Å²) < 4.78 is 0. The number of fused-ring (bicyclic) bond motifs is 1. The first-order chi connectivity index (χ1) is 8.74. The van der Waals surface area contributed by atoms with Crippen LogP contribution >= 0.6 is 23.4 Å². The van der Waals surface area contributed by atoms with E-state index >= 15 is 0 Å². The highest BCUT2D eigenvalue weighted by atomic mass is 35.5. The predicted molar refractivity (Wildman–Crippen MR) is 79.7 cm³/mol. The van der Waals surface area contributed by atoms with E-state index in [1.165, 1.54) is 16.0 Å². The van der Waals surface area contributed by atoms with Crippen LogP contribution in [0.4, 0.5) is 5.69 Å². The molecule has 0 bridgehead atoms. The molecule has 92 valence electrons. The van der Waals surface area contributed by atoms with Gasteiger partial charge in [0.05, 0.1) is 6.04 Å². The lowest BCUT2D eigenvalue weighted by Gasteiger charge is -2.17. The van der Waals surface area contributed by atoms with Gasteiger partial charge in [0.2, 0.25) is 0 Å². The summed E-state index contributed by atoms with van der Waals surface area (Å²) >= 11 is 7.97. The third kappa shape index (κ3) is 2.23. The Labute approximate surface area is 117 Å². The fourth-order valence-corrected chi connectivity index (χ4v) is 3.55. The van der Waals surface area contributed by atoms with Gasteiger partial charge in [0.1, 0.15) is 0 Å². The van der Waals surface area contributed by atoms with Gasteiger partial charge in [-0.05, 0) is 36.2 Å².